The number of halogens is 3. The number of hydrogen-bond acceptors (Lipinski definition) is 7. The summed E-state index contributed by atoms with van der Waals surface area (Å²) in [6.07, 6.45) is -0.241. The second-order valence-corrected chi connectivity index (χ2v) is 9.43. The molecule has 1 saturated heterocycles. The summed E-state index contributed by atoms with van der Waals surface area (Å²) >= 11 is 0. The van der Waals surface area contributed by atoms with Crippen molar-refractivity contribution in [2.75, 3.05) is 25.5 Å². The highest BCUT2D eigenvalue weighted by molar-refractivity contribution is 5.89. The number of likely N-dealkylation sites (tertiary alicyclic amines) is 1. The van der Waals surface area contributed by atoms with Crippen LogP contribution in [0.4, 0.5) is 19.1 Å². The summed E-state index contributed by atoms with van der Waals surface area (Å²) in [6, 6.07) is 6.06. The average molecular weight is 518 g/mol. The van der Waals surface area contributed by atoms with Crippen molar-refractivity contribution in [2.45, 2.75) is 50.3 Å². The van der Waals surface area contributed by atoms with Crippen LogP contribution in [0.15, 0.2) is 30.5 Å². The molecule has 4 aromatic rings. The monoisotopic (exact) mass is 517 g/mol. The van der Waals surface area contributed by atoms with Crippen LogP contribution in [0.2, 0.25) is 0 Å². The van der Waals surface area contributed by atoms with Gasteiger partial charge in [0.15, 0.2) is 0 Å². The van der Waals surface area contributed by atoms with E-state index in [2.05, 4.69) is 25.7 Å². The number of amides is 1. The molecule has 10 nitrogen and oxygen atoms in total. The first-order valence-corrected chi connectivity index (χ1v) is 11.8. The van der Waals surface area contributed by atoms with E-state index in [1.165, 1.54) is 16.3 Å². The van der Waals surface area contributed by atoms with Crippen molar-refractivity contribution in [3.63, 3.8) is 0 Å². The molecule has 37 heavy (non-hydrogen) atoms. The van der Waals surface area contributed by atoms with Gasteiger partial charge in [0.25, 0.3) is 5.92 Å². The average Bonchev–Trinajstić information content (AvgIpc) is 3.51. The second kappa shape index (κ2) is 8.60. The number of alkyl halides is 3. The van der Waals surface area contributed by atoms with Gasteiger partial charge in [-0.05, 0) is 30.2 Å². The van der Waals surface area contributed by atoms with Gasteiger partial charge >= 0.3 is 0 Å². The minimum Gasteiger partial charge on any atom is -0.479 e. The van der Waals surface area contributed by atoms with E-state index in [-0.39, 0.29) is 44.2 Å². The Morgan fingerprint density at radius 1 is 1.30 bits per heavy atom. The molecule has 4 heterocycles. The highest BCUT2D eigenvalue weighted by Crippen LogP contribution is 2.46. The van der Waals surface area contributed by atoms with E-state index in [1.54, 1.807) is 18.3 Å². The predicted octanol–water partition coefficient (Wildman–Crippen LogP) is 3.49. The number of rotatable bonds is 5. The zero-order valence-electron chi connectivity index (χ0n) is 22.7. The van der Waals surface area contributed by atoms with Crippen LogP contribution in [0.25, 0.3) is 27.7 Å². The molecule has 194 valence electrons. The molecule has 3 aromatic heterocycles. The third-order valence-corrected chi connectivity index (χ3v) is 7.01. The minimum atomic E-state index is -2.82. The molecule has 1 aliphatic heterocycles. The smallest absolute Gasteiger partial charge is 0.252 e. The van der Waals surface area contributed by atoms with Crippen molar-refractivity contribution in [2.24, 2.45) is 0 Å². The van der Waals surface area contributed by atoms with Crippen LogP contribution in [0.5, 0.6) is 5.88 Å². The molecule has 1 amide bonds. The third kappa shape index (κ3) is 4.11. The van der Waals surface area contributed by atoms with Crippen LogP contribution >= 0.6 is 0 Å². The number of piperidine rings is 1. The molecule has 0 spiro atoms. The van der Waals surface area contributed by atoms with Crippen LogP contribution in [0, 0.1) is 0 Å². The summed E-state index contributed by atoms with van der Waals surface area (Å²) in [5.74, 6) is -3.45. The minimum absolute atomic E-state index is 0.0781. The van der Waals surface area contributed by atoms with Crippen molar-refractivity contribution in [1.29, 1.82) is 0 Å². The normalized spacial score (nSPS) is 23.4. The Hall–Kier alpha value is -3.90. The summed E-state index contributed by atoms with van der Waals surface area (Å²) in [7, 11) is 1.44. The predicted molar refractivity (Wildman–Crippen MR) is 128 cm³/mol. The summed E-state index contributed by atoms with van der Waals surface area (Å²) in [5.41, 5.74) is 3.23. The molecular weight excluding hydrogens is 489 g/mol. The van der Waals surface area contributed by atoms with Gasteiger partial charge in [0.2, 0.25) is 17.7 Å². The lowest BCUT2D eigenvalue weighted by molar-refractivity contribution is -0.131. The number of anilines is 1. The molecular formula is C24H25F3N8O2. The molecule has 2 fully saturated rings. The fourth-order valence-electron chi connectivity index (χ4n) is 5.02. The summed E-state index contributed by atoms with van der Waals surface area (Å²) in [6.45, 7) is -3.09. The molecule has 13 heteroatoms. The second-order valence-electron chi connectivity index (χ2n) is 9.43. The third-order valence-electron chi connectivity index (χ3n) is 7.01. The summed E-state index contributed by atoms with van der Waals surface area (Å²) in [4.78, 5) is 17.5. The number of fused-ring (bicyclic) bond motifs is 2. The Bertz CT molecular complexity index is 1600. The van der Waals surface area contributed by atoms with Crippen LogP contribution < -0.4 is 10.1 Å². The molecule has 2 atom stereocenters. The van der Waals surface area contributed by atoms with Gasteiger partial charge in [-0.15, -0.1) is 10.2 Å². The van der Waals surface area contributed by atoms with Crippen LogP contribution in [-0.2, 0) is 4.79 Å². The maximum Gasteiger partial charge on any atom is 0.252 e. The number of hydrogen-bond donors (Lipinski definition) is 1. The Morgan fingerprint density at radius 3 is 2.86 bits per heavy atom. The van der Waals surface area contributed by atoms with Gasteiger partial charge in [-0.25, -0.2) is 22.4 Å². The van der Waals surface area contributed by atoms with E-state index in [9.17, 15) is 18.0 Å². The van der Waals surface area contributed by atoms with E-state index in [4.69, 9.17) is 8.85 Å². The van der Waals surface area contributed by atoms with E-state index < -0.39 is 36.9 Å². The maximum absolute atomic E-state index is 14.9. The molecule has 0 radical (unpaired) electrons. The molecule has 6 rings (SSSR count). The van der Waals surface area contributed by atoms with E-state index in [1.807, 2.05) is 12.1 Å². The Labute approximate surface area is 213 Å². The molecule has 1 N–H and O–H groups in total. The highest BCUT2D eigenvalue weighted by atomic mass is 19.3. The zero-order chi connectivity index (χ0) is 28.4. The number of carbonyl (C=O) groups excluding carboxylic acids is 1. The molecule has 1 saturated carbocycles. The van der Waals surface area contributed by atoms with Gasteiger partial charge in [0, 0.05) is 42.1 Å². The van der Waals surface area contributed by atoms with Crippen molar-refractivity contribution >= 4 is 28.4 Å². The van der Waals surface area contributed by atoms with Crippen LogP contribution in [0.1, 0.15) is 36.3 Å². The highest BCUT2D eigenvalue weighted by Gasteiger charge is 2.47. The van der Waals surface area contributed by atoms with E-state index in [0.29, 0.717) is 16.6 Å². The Kier molecular flexibility index (Phi) is 4.69. The molecule has 1 aliphatic carbocycles. The van der Waals surface area contributed by atoms with E-state index >= 15 is 0 Å². The fourth-order valence-corrected chi connectivity index (χ4v) is 5.02. The Morgan fingerprint density at radius 2 is 2.14 bits per heavy atom. The quantitative estimate of drug-likeness (QED) is 0.432. The van der Waals surface area contributed by atoms with Crippen molar-refractivity contribution < 1.29 is 26.8 Å². The maximum atomic E-state index is 14.9. The fraction of sp³-hybridized carbons (Fsp3) is 0.458. The number of benzene rings is 1. The molecule has 2 aliphatic rings. The van der Waals surface area contributed by atoms with Crippen LogP contribution in [-0.4, -0.2) is 78.7 Å². The van der Waals surface area contributed by atoms with E-state index in [0.717, 1.165) is 16.0 Å². The summed E-state index contributed by atoms with van der Waals surface area (Å²) < 4.78 is 72.3. The Balaban J connectivity index is 1.26. The number of nitrogens with one attached hydrogen (secondary N) is 1. The first-order chi connectivity index (χ1) is 18.9. The summed E-state index contributed by atoms with van der Waals surface area (Å²) in [5, 5.41) is 15.6. The van der Waals surface area contributed by atoms with Crippen molar-refractivity contribution in [1.82, 2.24) is 34.5 Å². The number of ether oxygens (including phenoxy) is 1. The lowest BCUT2D eigenvalue weighted by Crippen LogP contribution is -2.49. The standard InChI is InChI=1S/C24H25F3N8O2/c1-13(36)33-7-6-18(17(25)12-33)28-23-29-22(37-2)21-16(5-8-34(21)31-23)14-3-4-19-20(9-14)35(32-30-19)15-10-24(26,27)11-15/h3-5,8-9,15,17-18H,6-7,10-12H2,1-2H3,(H,28,31)/t17-,18+/m1/s1/i1D3. The lowest BCUT2D eigenvalue weighted by Gasteiger charge is -2.34. The lowest BCUT2D eigenvalue weighted by atomic mass is 9.88. The van der Waals surface area contributed by atoms with Gasteiger partial charge in [-0.3, -0.25) is 4.79 Å². The number of nitrogens with zero attached hydrogens (tertiary/aromatic N) is 7. The zero-order valence-corrected chi connectivity index (χ0v) is 19.7. The van der Waals surface area contributed by atoms with Gasteiger partial charge in [0.05, 0.1) is 31.3 Å². The van der Waals surface area contributed by atoms with Gasteiger partial charge < -0.3 is 15.0 Å². The van der Waals surface area contributed by atoms with Crippen molar-refractivity contribution in [3.05, 3.63) is 30.5 Å². The van der Waals surface area contributed by atoms with Crippen molar-refractivity contribution in [3.8, 4) is 17.0 Å². The van der Waals surface area contributed by atoms with Gasteiger partial charge in [0.1, 0.15) is 17.2 Å². The molecule has 0 bridgehead atoms. The van der Waals surface area contributed by atoms with Gasteiger partial charge in [-0.1, -0.05) is 11.3 Å². The topological polar surface area (TPSA) is 102 Å². The van der Waals surface area contributed by atoms with Crippen LogP contribution in [0.3, 0.4) is 0 Å². The van der Waals surface area contributed by atoms with Gasteiger partial charge in [-0.2, -0.15) is 4.98 Å². The first kappa shape index (κ1) is 20.2. The largest absolute Gasteiger partial charge is 0.479 e. The molecule has 0 unspecified atom stereocenters. The number of carbonyl (C=O) groups is 1. The number of aromatic nitrogens is 6. The molecule has 1 aromatic carbocycles. The first-order valence-electron chi connectivity index (χ1n) is 13.3. The number of methoxy groups -OCH3 is 1. The SMILES string of the molecule is [2H]C([2H])([2H])C(=O)N1CC[C@H](Nc2nc(OC)c3c(-c4ccc5nnn(C6CC(F)(F)C6)c5c4)ccn3n2)[C@H](F)C1.